The molecule has 2 aromatic rings. The Morgan fingerprint density at radius 1 is 1.24 bits per heavy atom. The molecule has 1 aromatic carbocycles. The van der Waals surface area contributed by atoms with E-state index < -0.39 is 22.9 Å². The lowest BCUT2D eigenvalue weighted by atomic mass is 10.1. The molecule has 0 atom stereocenters. The molecule has 0 spiro atoms. The first-order valence-corrected chi connectivity index (χ1v) is 7.72. The lowest BCUT2D eigenvalue weighted by Gasteiger charge is -2.23. The van der Waals surface area contributed by atoms with Crippen LogP contribution in [-0.2, 0) is 7.05 Å². The van der Waals surface area contributed by atoms with Crippen molar-refractivity contribution < 1.29 is 19.2 Å². The van der Waals surface area contributed by atoms with E-state index in [0.29, 0.717) is 0 Å². The summed E-state index contributed by atoms with van der Waals surface area (Å²) in [6.07, 6.45) is 0. The van der Waals surface area contributed by atoms with Crippen molar-refractivity contribution in [1.82, 2.24) is 10.1 Å². The summed E-state index contributed by atoms with van der Waals surface area (Å²) in [4.78, 5) is 35.7. The number of benzene rings is 1. The minimum Gasteiger partial charge on any atom is -0.394 e. The molecule has 0 fully saturated rings. The van der Waals surface area contributed by atoms with Gasteiger partial charge < -0.3 is 20.3 Å². The summed E-state index contributed by atoms with van der Waals surface area (Å²) in [6, 6.07) is 5.36. The van der Waals surface area contributed by atoms with Crippen LogP contribution in [0.15, 0.2) is 33.6 Å². The van der Waals surface area contributed by atoms with Gasteiger partial charge in [-0.3, -0.25) is 14.4 Å². The minimum atomic E-state index is -0.809. The highest BCUT2D eigenvalue weighted by Crippen LogP contribution is 2.20. The summed E-state index contributed by atoms with van der Waals surface area (Å²) in [7, 11) is 1.38. The summed E-state index contributed by atoms with van der Waals surface area (Å²) in [5.74, 6) is -1.27. The van der Waals surface area contributed by atoms with Crippen LogP contribution in [0.5, 0.6) is 0 Å². The fraction of sp³-hybridized carbons (Fsp3) is 0.312. The number of hydrogen-bond donors (Lipinski definition) is 3. The van der Waals surface area contributed by atoms with Crippen LogP contribution in [0.2, 0.25) is 5.02 Å². The molecule has 2 amide bonds. The van der Waals surface area contributed by atoms with Gasteiger partial charge in [0.15, 0.2) is 0 Å². The molecule has 0 saturated heterocycles. The van der Waals surface area contributed by atoms with Gasteiger partial charge in [-0.25, -0.2) is 0 Å². The Morgan fingerprint density at radius 3 is 2.48 bits per heavy atom. The molecule has 0 unspecified atom stereocenters. The van der Waals surface area contributed by atoms with Crippen molar-refractivity contribution in [3.8, 4) is 0 Å². The second-order valence-electron chi connectivity index (χ2n) is 6.11. The molecule has 1 heterocycles. The molecule has 25 heavy (non-hydrogen) atoms. The Bertz CT molecular complexity index is 869. The van der Waals surface area contributed by atoms with Crippen LogP contribution in [0.3, 0.4) is 0 Å². The molecule has 3 N–H and O–H groups in total. The number of aliphatic hydroxyl groups is 1. The van der Waals surface area contributed by atoms with Gasteiger partial charge in [0, 0.05) is 23.3 Å². The van der Waals surface area contributed by atoms with Crippen molar-refractivity contribution >= 4 is 29.1 Å². The van der Waals surface area contributed by atoms with Gasteiger partial charge in [0.1, 0.15) is 0 Å². The monoisotopic (exact) mass is 367 g/mol. The van der Waals surface area contributed by atoms with Gasteiger partial charge in [0.05, 0.1) is 18.2 Å². The molecule has 0 aliphatic carbocycles. The summed E-state index contributed by atoms with van der Waals surface area (Å²) in [6.45, 7) is 3.08. The quantitative estimate of drug-likeness (QED) is 0.738. The number of aliphatic hydroxyl groups excluding tert-OH is 1. The number of aromatic nitrogens is 1. The first-order chi connectivity index (χ1) is 11.6. The van der Waals surface area contributed by atoms with Gasteiger partial charge in [-0.2, -0.15) is 4.74 Å². The maximum Gasteiger partial charge on any atom is 0.294 e. The Morgan fingerprint density at radius 2 is 1.92 bits per heavy atom. The fourth-order valence-electron chi connectivity index (χ4n) is 1.93. The fourth-order valence-corrected chi connectivity index (χ4v) is 2.17. The van der Waals surface area contributed by atoms with Crippen LogP contribution in [0.25, 0.3) is 0 Å². The van der Waals surface area contributed by atoms with Crippen molar-refractivity contribution in [3.05, 3.63) is 51.0 Å². The van der Waals surface area contributed by atoms with E-state index in [1.165, 1.54) is 25.2 Å². The molecule has 0 bridgehead atoms. The van der Waals surface area contributed by atoms with Gasteiger partial charge >= 0.3 is 0 Å². The smallest absolute Gasteiger partial charge is 0.294 e. The third-order valence-electron chi connectivity index (χ3n) is 3.29. The van der Waals surface area contributed by atoms with Crippen LogP contribution >= 0.6 is 11.6 Å². The third kappa shape index (κ3) is 4.71. The predicted molar refractivity (Wildman–Crippen MR) is 92.0 cm³/mol. The second-order valence-corrected chi connectivity index (χ2v) is 6.55. The van der Waals surface area contributed by atoms with Crippen molar-refractivity contribution in [2.75, 3.05) is 11.9 Å². The number of amides is 2. The second kappa shape index (κ2) is 7.12. The van der Waals surface area contributed by atoms with Gasteiger partial charge in [0.2, 0.25) is 5.76 Å². The van der Waals surface area contributed by atoms with E-state index in [1.807, 2.05) is 0 Å². The van der Waals surface area contributed by atoms with Crippen LogP contribution in [0.4, 0.5) is 5.69 Å². The molecule has 0 radical (unpaired) electrons. The molecular weight excluding hydrogens is 350 g/mol. The van der Waals surface area contributed by atoms with Crippen LogP contribution < -0.4 is 16.2 Å². The van der Waals surface area contributed by atoms with Gasteiger partial charge in [-0.1, -0.05) is 11.6 Å². The molecule has 0 aliphatic heterocycles. The van der Waals surface area contributed by atoms with Crippen LogP contribution in [0.1, 0.15) is 34.8 Å². The van der Waals surface area contributed by atoms with E-state index >= 15 is 0 Å². The molecule has 1 aromatic heterocycles. The molecule has 2 rings (SSSR count). The number of rotatable bonds is 5. The van der Waals surface area contributed by atoms with Gasteiger partial charge in [-0.15, -0.1) is 0 Å². The minimum absolute atomic E-state index is 0.167. The topological polar surface area (TPSA) is 114 Å². The number of nitrogens with zero attached hydrogens (tertiary/aromatic N) is 1. The number of aryl methyl sites for hydroxylation is 1. The molecule has 0 saturated carbocycles. The molecule has 9 heteroatoms. The maximum absolute atomic E-state index is 12.3. The van der Waals surface area contributed by atoms with E-state index in [0.717, 1.165) is 10.8 Å². The van der Waals surface area contributed by atoms with Crippen molar-refractivity contribution in [2.45, 2.75) is 19.4 Å². The van der Waals surface area contributed by atoms with E-state index in [4.69, 9.17) is 16.1 Å². The first-order valence-electron chi connectivity index (χ1n) is 7.34. The Kier molecular flexibility index (Phi) is 5.34. The predicted octanol–water partition coefficient (Wildman–Crippen LogP) is 1.38. The zero-order chi connectivity index (χ0) is 18.8. The molecule has 8 nitrogen and oxygen atoms in total. The Hall–Kier alpha value is -2.58. The highest BCUT2D eigenvalue weighted by Gasteiger charge is 2.21. The van der Waals surface area contributed by atoms with Gasteiger partial charge in [0.25, 0.3) is 17.4 Å². The van der Waals surface area contributed by atoms with E-state index in [9.17, 15) is 19.5 Å². The SMILES string of the molecule is Cn1oc(C(=O)Nc2cc(Cl)cc(C(=O)NC(C)(C)CO)c2)cc1=O. The average molecular weight is 368 g/mol. The number of halogens is 1. The third-order valence-corrected chi connectivity index (χ3v) is 3.51. The molecular formula is C16H18ClN3O5. The zero-order valence-electron chi connectivity index (χ0n) is 13.9. The summed E-state index contributed by atoms with van der Waals surface area (Å²) >= 11 is 6.00. The number of nitrogens with one attached hydrogen (secondary N) is 2. The zero-order valence-corrected chi connectivity index (χ0v) is 14.7. The van der Waals surface area contributed by atoms with Crippen molar-refractivity contribution in [2.24, 2.45) is 7.05 Å². The lowest BCUT2D eigenvalue weighted by molar-refractivity contribution is 0.0868. The van der Waals surface area contributed by atoms with Crippen molar-refractivity contribution in [1.29, 1.82) is 0 Å². The average Bonchev–Trinajstić information content (AvgIpc) is 2.86. The summed E-state index contributed by atoms with van der Waals surface area (Å²) < 4.78 is 5.91. The standard InChI is InChI=1S/C16H18ClN3O5/c1-16(2,8-21)19-14(23)9-4-10(17)6-11(5-9)18-15(24)12-7-13(22)20(3)25-12/h4-7,21H,8H2,1-3H3,(H,18,24)(H,19,23). The number of carbonyl (C=O) groups is 2. The number of anilines is 1. The van der Waals surface area contributed by atoms with E-state index in [2.05, 4.69) is 10.6 Å². The largest absolute Gasteiger partial charge is 0.394 e. The number of carbonyl (C=O) groups excluding carboxylic acids is 2. The maximum atomic E-state index is 12.3. The lowest BCUT2D eigenvalue weighted by Crippen LogP contribution is -2.46. The van der Waals surface area contributed by atoms with Crippen LogP contribution in [0, 0.1) is 0 Å². The Balaban J connectivity index is 2.22. The summed E-state index contributed by atoms with van der Waals surface area (Å²) in [5, 5.41) is 14.6. The van der Waals surface area contributed by atoms with E-state index in [1.54, 1.807) is 13.8 Å². The highest BCUT2D eigenvalue weighted by atomic mass is 35.5. The highest BCUT2D eigenvalue weighted by molar-refractivity contribution is 6.31. The normalized spacial score (nSPS) is 11.2. The van der Waals surface area contributed by atoms with Crippen LogP contribution in [-0.4, -0.2) is 33.8 Å². The van der Waals surface area contributed by atoms with E-state index in [-0.39, 0.29) is 28.6 Å². The van der Waals surface area contributed by atoms with Gasteiger partial charge in [-0.05, 0) is 32.0 Å². The number of hydrogen-bond acceptors (Lipinski definition) is 5. The molecule has 134 valence electrons. The first kappa shape index (κ1) is 18.8. The molecule has 0 aliphatic rings. The van der Waals surface area contributed by atoms with Crippen molar-refractivity contribution in [3.63, 3.8) is 0 Å². The Labute approximate surface area is 148 Å². The summed E-state index contributed by atoms with van der Waals surface area (Å²) in [5.41, 5.74) is -0.798.